The van der Waals surface area contributed by atoms with Gasteiger partial charge in [0.25, 0.3) is 5.91 Å². The zero-order valence-electron chi connectivity index (χ0n) is 13.2. The fourth-order valence-electron chi connectivity index (χ4n) is 2.45. The van der Waals surface area contributed by atoms with E-state index in [2.05, 4.69) is 17.1 Å². The van der Waals surface area contributed by atoms with Crippen molar-refractivity contribution in [3.63, 3.8) is 0 Å². The van der Waals surface area contributed by atoms with E-state index in [4.69, 9.17) is 0 Å². The maximum absolute atomic E-state index is 12.1. The molecule has 0 aromatic heterocycles. The van der Waals surface area contributed by atoms with Crippen LogP contribution in [-0.4, -0.2) is 61.4 Å². The van der Waals surface area contributed by atoms with Crippen molar-refractivity contribution < 1.29 is 9.59 Å². The Morgan fingerprint density at radius 3 is 2.32 bits per heavy atom. The third kappa shape index (κ3) is 4.18. The normalized spacial score (nSPS) is 16.0. The number of amides is 2. The summed E-state index contributed by atoms with van der Waals surface area (Å²) in [4.78, 5) is 27.8. The summed E-state index contributed by atoms with van der Waals surface area (Å²) in [5.41, 5.74) is 1.52. The molecule has 118 valence electrons. The van der Waals surface area contributed by atoms with Crippen molar-refractivity contribution >= 4 is 17.9 Å². The van der Waals surface area contributed by atoms with Gasteiger partial charge in [-0.3, -0.25) is 9.59 Å². The highest BCUT2D eigenvalue weighted by molar-refractivity contribution is 5.94. The molecular weight excluding hydrogens is 278 g/mol. The van der Waals surface area contributed by atoms with Crippen molar-refractivity contribution in [3.05, 3.63) is 41.5 Å². The Morgan fingerprint density at radius 2 is 1.77 bits per heavy atom. The van der Waals surface area contributed by atoms with Crippen LogP contribution in [0.4, 0.5) is 0 Å². The lowest BCUT2D eigenvalue weighted by atomic mass is 10.1. The van der Waals surface area contributed by atoms with Crippen LogP contribution in [0.25, 0.3) is 6.08 Å². The number of hydrogen-bond acceptors (Lipinski definition) is 3. The molecule has 1 N–H and O–H groups in total. The van der Waals surface area contributed by atoms with Crippen LogP contribution in [0.2, 0.25) is 0 Å². The summed E-state index contributed by atoms with van der Waals surface area (Å²) in [6.45, 7) is 6.63. The summed E-state index contributed by atoms with van der Waals surface area (Å²) < 4.78 is 0. The molecule has 0 aliphatic carbocycles. The molecule has 22 heavy (non-hydrogen) atoms. The minimum Gasteiger partial charge on any atom is -0.355 e. The first-order chi connectivity index (χ1) is 10.6. The van der Waals surface area contributed by atoms with E-state index in [9.17, 15) is 9.59 Å². The van der Waals surface area contributed by atoms with E-state index in [0.29, 0.717) is 5.56 Å². The highest BCUT2D eigenvalue weighted by Gasteiger charge is 2.18. The number of nitrogens with one attached hydrogen (secondary N) is 1. The first-order valence-electron chi connectivity index (χ1n) is 7.65. The van der Waals surface area contributed by atoms with Crippen molar-refractivity contribution in [2.45, 2.75) is 6.92 Å². The van der Waals surface area contributed by atoms with Gasteiger partial charge in [0.15, 0.2) is 0 Å². The summed E-state index contributed by atoms with van der Waals surface area (Å²) in [6, 6.07) is 7.18. The number of piperazine rings is 1. The largest absolute Gasteiger partial charge is 0.355 e. The summed E-state index contributed by atoms with van der Waals surface area (Å²) in [5, 5.41) is 2.58. The summed E-state index contributed by atoms with van der Waals surface area (Å²) >= 11 is 0. The monoisotopic (exact) mass is 301 g/mol. The third-order valence-electron chi connectivity index (χ3n) is 3.95. The Balaban J connectivity index is 1.91. The summed E-state index contributed by atoms with van der Waals surface area (Å²) in [5.74, 6) is -0.0634. The van der Waals surface area contributed by atoms with Crippen LogP contribution in [0.15, 0.2) is 30.3 Å². The van der Waals surface area contributed by atoms with Crippen LogP contribution < -0.4 is 5.32 Å². The van der Waals surface area contributed by atoms with Crippen LogP contribution in [0.1, 0.15) is 22.8 Å². The van der Waals surface area contributed by atoms with Crippen LogP contribution in [0.3, 0.4) is 0 Å². The van der Waals surface area contributed by atoms with E-state index in [-0.39, 0.29) is 11.8 Å². The first-order valence-corrected chi connectivity index (χ1v) is 7.65. The van der Waals surface area contributed by atoms with Gasteiger partial charge in [0, 0.05) is 44.9 Å². The molecule has 2 rings (SSSR count). The molecule has 0 saturated carbocycles. The van der Waals surface area contributed by atoms with Crippen molar-refractivity contribution in [2.24, 2.45) is 0 Å². The average Bonchev–Trinajstić information content (AvgIpc) is 2.59. The zero-order chi connectivity index (χ0) is 15.9. The van der Waals surface area contributed by atoms with Crippen molar-refractivity contribution in [2.75, 3.05) is 39.8 Å². The molecule has 1 aliphatic heterocycles. The summed E-state index contributed by atoms with van der Waals surface area (Å²) in [6.07, 6.45) is 3.40. The van der Waals surface area contributed by atoms with E-state index in [1.807, 2.05) is 17.0 Å². The number of carbonyl (C=O) groups is 2. The zero-order valence-corrected chi connectivity index (χ0v) is 13.2. The van der Waals surface area contributed by atoms with E-state index >= 15 is 0 Å². The first kappa shape index (κ1) is 16.2. The van der Waals surface area contributed by atoms with Crippen LogP contribution in [0, 0.1) is 0 Å². The van der Waals surface area contributed by atoms with Crippen molar-refractivity contribution in [1.29, 1.82) is 0 Å². The molecule has 0 spiro atoms. The second-order valence-corrected chi connectivity index (χ2v) is 5.29. The molecule has 1 saturated heterocycles. The molecule has 0 unspecified atom stereocenters. The maximum Gasteiger partial charge on any atom is 0.251 e. The van der Waals surface area contributed by atoms with Gasteiger partial charge in [0.2, 0.25) is 5.91 Å². The molecule has 0 atom stereocenters. The lowest BCUT2D eigenvalue weighted by molar-refractivity contribution is -0.127. The number of likely N-dealkylation sites (N-methyl/N-ethyl adjacent to an activating group) is 1. The average molecular weight is 301 g/mol. The molecule has 1 aromatic rings. The van der Waals surface area contributed by atoms with Crippen LogP contribution >= 0.6 is 0 Å². The minimum absolute atomic E-state index is 0.0473. The topological polar surface area (TPSA) is 52.7 Å². The van der Waals surface area contributed by atoms with Gasteiger partial charge in [-0.1, -0.05) is 19.1 Å². The molecule has 1 fully saturated rings. The van der Waals surface area contributed by atoms with Gasteiger partial charge in [-0.05, 0) is 30.3 Å². The Labute approximate surface area is 131 Å². The highest BCUT2D eigenvalue weighted by Crippen LogP contribution is 2.08. The van der Waals surface area contributed by atoms with Crippen molar-refractivity contribution in [1.82, 2.24) is 15.1 Å². The predicted molar refractivity (Wildman–Crippen MR) is 87.6 cm³/mol. The number of carbonyl (C=O) groups excluding carboxylic acids is 2. The van der Waals surface area contributed by atoms with Crippen molar-refractivity contribution in [3.8, 4) is 0 Å². The second-order valence-electron chi connectivity index (χ2n) is 5.29. The SMILES string of the molecule is CCN1CCN(C(=O)/C=C/c2ccc(C(=O)NC)cc2)CC1. The number of nitrogens with zero attached hydrogens (tertiary/aromatic N) is 2. The maximum atomic E-state index is 12.1. The van der Waals surface area contributed by atoms with E-state index in [1.54, 1.807) is 31.3 Å². The lowest BCUT2D eigenvalue weighted by Crippen LogP contribution is -2.48. The summed E-state index contributed by atoms with van der Waals surface area (Å²) in [7, 11) is 1.60. The molecule has 1 heterocycles. The molecule has 0 radical (unpaired) electrons. The predicted octanol–water partition coefficient (Wildman–Crippen LogP) is 1.22. The Hall–Kier alpha value is -2.14. The Bertz CT molecular complexity index is 544. The van der Waals surface area contributed by atoms with Gasteiger partial charge in [-0.15, -0.1) is 0 Å². The Kier molecular flexibility index (Phi) is 5.72. The van der Waals surface area contributed by atoms with Gasteiger partial charge in [-0.2, -0.15) is 0 Å². The number of benzene rings is 1. The lowest BCUT2D eigenvalue weighted by Gasteiger charge is -2.33. The smallest absolute Gasteiger partial charge is 0.251 e. The fraction of sp³-hybridized carbons (Fsp3) is 0.412. The fourth-order valence-corrected chi connectivity index (χ4v) is 2.45. The van der Waals surface area contributed by atoms with Gasteiger partial charge in [0.1, 0.15) is 0 Å². The molecule has 5 nitrogen and oxygen atoms in total. The van der Waals surface area contributed by atoms with Crippen LogP contribution in [0.5, 0.6) is 0 Å². The third-order valence-corrected chi connectivity index (χ3v) is 3.95. The molecular formula is C17H23N3O2. The highest BCUT2D eigenvalue weighted by atomic mass is 16.2. The van der Waals surface area contributed by atoms with Crippen LogP contribution in [-0.2, 0) is 4.79 Å². The minimum atomic E-state index is -0.111. The molecule has 1 aliphatic rings. The van der Waals surface area contributed by atoms with Gasteiger partial charge in [0.05, 0.1) is 0 Å². The molecule has 5 heteroatoms. The number of rotatable bonds is 4. The van der Waals surface area contributed by atoms with E-state index in [1.165, 1.54) is 0 Å². The second kappa shape index (κ2) is 7.75. The van der Waals surface area contributed by atoms with Gasteiger partial charge >= 0.3 is 0 Å². The van der Waals surface area contributed by atoms with Gasteiger partial charge < -0.3 is 15.1 Å². The molecule has 1 aromatic carbocycles. The quantitative estimate of drug-likeness (QED) is 0.851. The standard InChI is InChI=1S/C17H23N3O2/c1-3-19-10-12-20(13-11-19)16(21)9-6-14-4-7-15(8-5-14)17(22)18-2/h4-9H,3,10-13H2,1-2H3,(H,18,22)/b9-6+. The Morgan fingerprint density at radius 1 is 1.14 bits per heavy atom. The van der Waals surface area contributed by atoms with E-state index in [0.717, 1.165) is 38.3 Å². The molecule has 2 amide bonds. The molecule has 0 bridgehead atoms. The van der Waals surface area contributed by atoms with E-state index < -0.39 is 0 Å². The van der Waals surface area contributed by atoms with Gasteiger partial charge in [-0.25, -0.2) is 0 Å². The number of hydrogen-bond donors (Lipinski definition) is 1.